The summed E-state index contributed by atoms with van der Waals surface area (Å²) in [5.41, 5.74) is 6.28. The van der Waals surface area contributed by atoms with E-state index >= 15 is 0 Å². The normalized spacial score (nSPS) is 11.0. The van der Waals surface area contributed by atoms with E-state index in [4.69, 9.17) is 4.98 Å². The molecule has 0 fully saturated rings. The van der Waals surface area contributed by atoms with E-state index in [1.54, 1.807) is 0 Å². The fourth-order valence-corrected chi connectivity index (χ4v) is 3.96. The standard InChI is InChI=1S/C28H22N2O/c1-18-11-14-21(15-12-18)26-17-24(23-9-5-6-10-25(23)29-26)28(31)30-27-19(2)13-16-20-7-3-4-8-22(20)27/h3-17H,1-2H3,(H,30,31). The minimum atomic E-state index is -0.133. The molecule has 31 heavy (non-hydrogen) atoms. The number of carbonyl (C=O) groups excluding carboxylic acids is 1. The lowest BCUT2D eigenvalue weighted by atomic mass is 10.0. The number of aromatic nitrogens is 1. The predicted octanol–water partition coefficient (Wildman–Crippen LogP) is 6.92. The maximum absolute atomic E-state index is 13.5. The number of anilines is 1. The highest BCUT2D eigenvalue weighted by Crippen LogP contribution is 2.30. The number of fused-ring (bicyclic) bond motifs is 2. The lowest BCUT2D eigenvalue weighted by Gasteiger charge is -2.14. The summed E-state index contributed by atoms with van der Waals surface area (Å²) in [5, 5.41) is 6.16. The van der Waals surface area contributed by atoms with E-state index in [0.29, 0.717) is 5.56 Å². The van der Waals surface area contributed by atoms with E-state index in [1.807, 2.05) is 73.7 Å². The highest BCUT2D eigenvalue weighted by atomic mass is 16.1. The molecular weight excluding hydrogens is 380 g/mol. The van der Waals surface area contributed by atoms with E-state index in [2.05, 4.69) is 36.5 Å². The minimum absolute atomic E-state index is 0.133. The Kier molecular flexibility index (Phi) is 4.72. The number of hydrogen-bond acceptors (Lipinski definition) is 2. The summed E-state index contributed by atoms with van der Waals surface area (Å²) in [7, 11) is 0. The van der Waals surface area contributed by atoms with Crippen molar-refractivity contribution < 1.29 is 4.79 Å². The van der Waals surface area contributed by atoms with Gasteiger partial charge in [-0.3, -0.25) is 4.79 Å². The maximum atomic E-state index is 13.5. The monoisotopic (exact) mass is 402 g/mol. The van der Waals surface area contributed by atoms with Crippen LogP contribution in [0.3, 0.4) is 0 Å². The molecule has 0 atom stereocenters. The Hall–Kier alpha value is -3.98. The third kappa shape index (κ3) is 3.55. The molecule has 1 aromatic heterocycles. The van der Waals surface area contributed by atoms with Crippen molar-refractivity contribution in [3.63, 3.8) is 0 Å². The molecule has 0 saturated carbocycles. The van der Waals surface area contributed by atoms with Gasteiger partial charge in [0, 0.05) is 16.3 Å². The molecule has 0 radical (unpaired) electrons. The van der Waals surface area contributed by atoms with Crippen LogP contribution in [0.2, 0.25) is 0 Å². The molecule has 4 aromatic carbocycles. The molecule has 1 N–H and O–H groups in total. The second-order valence-electron chi connectivity index (χ2n) is 7.87. The van der Waals surface area contributed by atoms with Gasteiger partial charge in [-0.05, 0) is 36.9 Å². The molecule has 0 aliphatic heterocycles. The summed E-state index contributed by atoms with van der Waals surface area (Å²) in [6.07, 6.45) is 0. The van der Waals surface area contributed by atoms with Crippen LogP contribution in [0, 0.1) is 13.8 Å². The highest BCUT2D eigenvalue weighted by molar-refractivity contribution is 6.15. The Balaban J connectivity index is 1.64. The van der Waals surface area contributed by atoms with Gasteiger partial charge >= 0.3 is 0 Å². The van der Waals surface area contributed by atoms with E-state index in [-0.39, 0.29) is 5.91 Å². The van der Waals surface area contributed by atoms with Crippen LogP contribution in [0.1, 0.15) is 21.5 Å². The number of carbonyl (C=O) groups is 1. The number of para-hydroxylation sites is 1. The van der Waals surface area contributed by atoms with Crippen LogP contribution in [0.15, 0.2) is 91.0 Å². The van der Waals surface area contributed by atoms with Crippen LogP contribution in [0.5, 0.6) is 0 Å². The Morgan fingerprint density at radius 2 is 1.48 bits per heavy atom. The fourth-order valence-electron chi connectivity index (χ4n) is 3.96. The van der Waals surface area contributed by atoms with E-state index in [0.717, 1.165) is 44.2 Å². The van der Waals surface area contributed by atoms with Crippen LogP contribution in [-0.2, 0) is 0 Å². The van der Waals surface area contributed by atoms with Crippen LogP contribution in [-0.4, -0.2) is 10.9 Å². The largest absolute Gasteiger partial charge is 0.321 e. The Morgan fingerprint density at radius 1 is 0.774 bits per heavy atom. The summed E-state index contributed by atoms with van der Waals surface area (Å²) < 4.78 is 0. The topological polar surface area (TPSA) is 42.0 Å². The zero-order valence-electron chi connectivity index (χ0n) is 17.5. The summed E-state index contributed by atoms with van der Waals surface area (Å²) in [5.74, 6) is -0.133. The first-order valence-corrected chi connectivity index (χ1v) is 10.4. The van der Waals surface area contributed by atoms with Gasteiger partial charge in [-0.15, -0.1) is 0 Å². The van der Waals surface area contributed by atoms with Crippen LogP contribution >= 0.6 is 0 Å². The first-order chi connectivity index (χ1) is 15.1. The molecule has 1 amide bonds. The van der Waals surface area contributed by atoms with Gasteiger partial charge in [0.2, 0.25) is 0 Å². The average molecular weight is 402 g/mol. The fraction of sp³-hybridized carbons (Fsp3) is 0.0714. The van der Waals surface area contributed by atoms with Gasteiger partial charge in [0.15, 0.2) is 0 Å². The average Bonchev–Trinajstić information content (AvgIpc) is 2.80. The summed E-state index contributed by atoms with van der Waals surface area (Å²) in [4.78, 5) is 18.3. The van der Waals surface area contributed by atoms with Crippen molar-refractivity contribution in [3.05, 3.63) is 108 Å². The number of aryl methyl sites for hydroxylation is 2. The van der Waals surface area contributed by atoms with E-state index < -0.39 is 0 Å². The number of nitrogens with zero attached hydrogens (tertiary/aromatic N) is 1. The zero-order valence-corrected chi connectivity index (χ0v) is 17.5. The molecule has 0 bridgehead atoms. The van der Waals surface area contributed by atoms with Gasteiger partial charge in [-0.1, -0.05) is 84.4 Å². The number of amides is 1. The van der Waals surface area contributed by atoms with Crippen molar-refractivity contribution >= 4 is 33.3 Å². The third-order valence-electron chi connectivity index (χ3n) is 5.68. The second kappa shape index (κ2) is 7.69. The van der Waals surface area contributed by atoms with Gasteiger partial charge in [-0.2, -0.15) is 0 Å². The predicted molar refractivity (Wildman–Crippen MR) is 129 cm³/mol. The van der Waals surface area contributed by atoms with Gasteiger partial charge in [0.1, 0.15) is 0 Å². The minimum Gasteiger partial charge on any atom is -0.321 e. The molecule has 0 aliphatic rings. The summed E-state index contributed by atoms with van der Waals surface area (Å²) >= 11 is 0. The molecule has 0 saturated heterocycles. The molecule has 1 heterocycles. The van der Waals surface area contributed by atoms with Crippen molar-refractivity contribution in [2.75, 3.05) is 5.32 Å². The summed E-state index contributed by atoms with van der Waals surface area (Å²) in [6.45, 7) is 4.08. The van der Waals surface area contributed by atoms with Crippen molar-refractivity contribution in [1.29, 1.82) is 0 Å². The Bertz CT molecular complexity index is 1440. The number of rotatable bonds is 3. The van der Waals surface area contributed by atoms with Gasteiger partial charge < -0.3 is 5.32 Å². The molecular formula is C28H22N2O. The van der Waals surface area contributed by atoms with Gasteiger partial charge in [0.05, 0.1) is 22.5 Å². The van der Waals surface area contributed by atoms with E-state index in [1.165, 1.54) is 5.56 Å². The Morgan fingerprint density at radius 3 is 2.29 bits per heavy atom. The van der Waals surface area contributed by atoms with Crippen molar-refractivity contribution in [1.82, 2.24) is 4.98 Å². The molecule has 0 aliphatic carbocycles. The molecule has 5 aromatic rings. The number of pyridine rings is 1. The van der Waals surface area contributed by atoms with Gasteiger partial charge in [-0.25, -0.2) is 4.98 Å². The van der Waals surface area contributed by atoms with Crippen molar-refractivity contribution in [2.45, 2.75) is 13.8 Å². The molecule has 0 unspecified atom stereocenters. The molecule has 150 valence electrons. The first-order valence-electron chi connectivity index (χ1n) is 10.4. The van der Waals surface area contributed by atoms with Gasteiger partial charge in [0.25, 0.3) is 5.91 Å². The number of hydrogen-bond donors (Lipinski definition) is 1. The summed E-state index contributed by atoms with van der Waals surface area (Å²) in [6, 6.07) is 30.1. The SMILES string of the molecule is Cc1ccc(-c2cc(C(=O)Nc3c(C)ccc4ccccc34)c3ccccc3n2)cc1. The lowest BCUT2D eigenvalue weighted by Crippen LogP contribution is -2.14. The molecule has 0 spiro atoms. The maximum Gasteiger partial charge on any atom is 0.256 e. The lowest BCUT2D eigenvalue weighted by molar-refractivity contribution is 0.102. The van der Waals surface area contributed by atoms with Crippen LogP contribution in [0.4, 0.5) is 5.69 Å². The number of nitrogens with one attached hydrogen (secondary N) is 1. The van der Waals surface area contributed by atoms with Crippen molar-refractivity contribution in [2.24, 2.45) is 0 Å². The third-order valence-corrected chi connectivity index (χ3v) is 5.68. The molecule has 3 heteroatoms. The second-order valence-corrected chi connectivity index (χ2v) is 7.87. The smallest absolute Gasteiger partial charge is 0.256 e. The van der Waals surface area contributed by atoms with Crippen molar-refractivity contribution in [3.8, 4) is 11.3 Å². The first kappa shape index (κ1) is 19.0. The van der Waals surface area contributed by atoms with Crippen LogP contribution < -0.4 is 5.32 Å². The zero-order chi connectivity index (χ0) is 21.4. The number of benzene rings is 4. The Labute approximate surface area is 181 Å². The van der Waals surface area contributed by atoms with E-state index in [9.17, 15) is 4.79 Å². The molecule has 5 rings (SSSR count). The van der Waals surface area contributed by atoms with Crippen LogP contribution in [0.25, 0.3) is 32.9 Å². The quantitative estimate of drug-likeness (QED) is 0.356. The highest BCUT2D eigenvalue weighted by Gasteiger charge is 2.16. The molecule has 3 nitrogen and oxygen atoms in total.